The molecule has 0 spiro atoms. The van der Waals surface area contributed by atoms with Crippen LogP contribution in [-0.2, 0) is 13.1 Å². The molecule has 0 unspecified atom stereocenters. The van der Waals surface area contributed by atoms with E-state index in [0.29, 0.717) is 0 Å². The van der Waals surface area contributed by atoms with Gasteiger partial charge < -0.3 is 10.6 Å². The zero-order valence-corrected chi connectivity index (χ0v) is 16.2. The van der Waals surface area contributed by atoms with Crippen molar-refractivity contribution >= 4 is 5.82 Å². The van der Waals surface area contributed by atoms with Crippen LogP contribution in [0.15, 0.2) is 65.4 Å². The minimum absolute atomic E-state index is 0.273. The normalized spacial score (nSPS) is 10.8. The standard InChI is InChI=1S/C20H22F2N6O/c1-26(2)18-7-6-16(10-24-18)15-5-3-4-14(8-15)11-27-13-25-28(20(27)29)12-17(9-23)19(21)22/h3-8,10,13H,9,11-12,23H2,1-2H3. The highest BCUT2D eigenvalue weighted by Gasteiger charge is 2.11. The van der Waals surface area contributed by atoms with Crippen molar-refractivity contribution in [3.05, 3.63) is 76.6 Å². The van der Waals surface area contributed by atoms with E-state index >= 15 is 0 Å². The largest absolute Gasteiger partial charge is 0.363 e. The molecule has 152 valence electrons. The highest BCUT2D eigenvalue weighted by molar-refractivity contribution is 5.64. The monoisotopic (exact) mass is 400 g/mol. The first kappa shape index (κ1) is 20.4. The van der Waals surface area contributed by atoms with Crippen molar-refractivity contribution < 1.29 is 8.78 Å². The minimum atomic E-state index is -1.88. The van der Waals surface area contributed by atoms with Crippen LogP contribution in [0.1, 0.15) is 5.56 Å². The summed E-state index contributed by atoms with van der Waals surface area (Å²) in [4.78, 5) is 18.8. The van der Waals surface area contributed by atoms with E-state index in [0.717, 1.165) is 27.2 Å². The molecule has 1 aromatic carbocycles. The Balaban J connectivity index is 1.81. The first-order valence-corrected chi connectivity index (χ1v) is 8.97. The van der Waals surface area contributed by atoms with Crippen LogP contribution >= 0.6 is 0 Å². The van der Waals surface area contributed by atoms with Crippen molar-refractivity contribution in [2.45, 2.75) is 13.1 Å². The fourth-order valence-corrected chi connectivity index (χ4v) is 2.84. The Hall–Kier alpha value is -3.33. The second kappa shape index (κ2) is 8.78. The Bertz CT molecular complexity index is 1070. The number of pyridine rings is 1. The number of hydrogen-bond donors (Lipinski definition) is 1. The lowest BCUT2D eigenvalue weighted by Gasteiger charge is -2.11. The van der Waals surface area contributed by atoms with Gasteiger partial charge in [0.15, 0.2) is 0 Å². The molecule has 0 bridgehead atoms. The van der Waals surface area contributed by atoms with Crippen LogP contribution in [0, 0.1) is 0 Å². The molecule has 0 saturated heterocycles. The van der Waals surface area contributed by atoms with E-state index in [1.54, 1.807) is 6.20 Å². The molecule has 3 rings (SSSR count). The van der Waals surface area contributed by atoms with E-state index in [9.17, 15) is 13.6 Å². The lowest BCUT2D eigenvalue weighted by Crippen LogP contribution is -2.27. The van der Waals surface area contributed by atoms with Crippen LogP contribution in [0.4, 0.5) is 14.6 Å². The summed E-state index contributed by atoms with van der Waals surface area (Å²) in [5.41, 5.74) is 7.32. The van der Waals surface area contributed by atoms with E-state index in [1.807, 2.05) is 55.4 Å². The molecule has 29 heavy (non-hydrogen) atoms. The molecular formula is C20H22F2N6O. The summed E-state index contributed by atoms with van der Waals surface area (Å²) in [6, 6.07) is 11.6. The summed E-state index contributed by atoms with van der Waals surface area (Å²) in [6.07, 6.45) is 1.26. The van der Waals surface area contributed by atoms with Gasteiger partial charge in [-0.15, -0.1) is 0 Å². The van der Waals surface area contributed by atoms with Gasteiger partial charge in [-0.1, -0.05) is 18.2 Å². The maximum atomic E-state index is 12.8. The first-order chi connectivity index (χ1) is 13.9. The fraction of sp³-hybridized carbons (Fsp3) is 0.250. The Labute approximate surface area is 166 Å². The molecular weight excluding hydrogens is 378 g/mol. The zero-order chi connectivity index (χ0) is 21.0. The molecule has 0 radical (unpaired) electrons. The predicted molar refractivity (Wildman–Crippen MR) is 108 cm³/mol. The second-order valence-corrected chi connectivity index (χ2v) is 6.77. The number of hydrogen-bond acceptors (Lipinski definition) is 5. The molecule has 0 fully saturated rings. The van der Waals surface area contributed by atoms with Crippen LogP contribution in [0.2, 0.25) is 0 Å². The smallest absolute Gasteiger partial charge is 0.346 e. The van der Waals surface area contributed by atoms with E-state index in [4.69, 9.17) is 5.73 Å². The summed E-state index contributed by atoms with van der Waals surface area (Å²) in [5, 5.41) is 3.92. The van der Waals surface area contributed by atoms with E-state index in [2.05, 4.69) is 10.1 Å². The molecule has 0 saturated carbocycles. The molecule has 7 nitrogen and oxygen atoms in total. The molecule has 2 aromatic heterocycles. The SMILES string of the molecule is CN(C)c1ccc(-c2cccc(Cn3cnn(CC(CN)=C(F)F)c3=O)c2)cn1. The summed E-state index contributed by atoms with van der Waals surface area (Å²) < 4.78 is 27.9. The van der Waals surface area contributed by atoms with Gasteiger partial charge in [0.05, 0.1) is 13.1 Å². The number of benzene rings is 1. The number of aromatic nitrogens is 4. The van der Waals surface area contributed by atoms with Crippen molar-refractivity contribution in [1.82, 2.24) is 19.3 Å². The van der Waals surface area contributed by atoms with Crippen molar-refractivity contribution in [3.8, 4) is 11.1 Å². The Kier molecular flexibility index (Phi) is 6.18. The van der Waals surface area contributed by atoms with Crippen molar-refractivity contribution in [3.63, 3.8) is 0 Å². The van der Waals surface area contributed by atoms with Crippen LogP contribution < -0.4 is 16.3 Å². The van der Waals surface area contributed by atoms with Crippen LogP contribution in [0.3, 0.4) is 0 Å². The molecule has 0 aliphatic rings. The number of nitrogens with two attached hydrogens (primary N) is 1. The van der Waals surface area contributed by atoms with Gasteiger partial charge in [-0.3, -0.25) is 4.57 Å². The van der Waals surface area contributed by atoms with Gasteiger partial charge in [0.1, 0.15) is 12.1 Å². The topological polar surface area (TPSA) is 82.0 Å². The molecule has 0 aliphatic heterocycles. The summed E-state index contributed by atoms with van der Waals surface area (Å²) in [6.45, 7) is -0.380. The van der Waals surface area contributed by atoms with Gasteiger partial charge in [-0.2, -0.15) is 13.9 Å². The van der Waals surface area contributed by atoms with Crippen LogP contribution in [-0.4, -0.2) is 40.0 Å². The lowest BCUT2D eigenvalue weighted by atomic mass is 10.0. The summed E-state index contributed by atoms with van der Waals surface area (Å²) >= 11 is 0. The zero-order valence-electron chi connectivity index (χ0n) is 16.2. The quantitative estimate of drug-likeness (QED) is 0.658. The van der Waals surface area contributed by atoms with Crippen molar-refractivity contribution in [1.29, 1.82) is 0 Å². The van der Waals surface area contributed by atoms with E-state index in [1.165, 1.54) is 10.9 Å². The van der Waals surface area contributed by atoms with E-state index < -0.39 is 11.8 Å². The summed E-state index contributed by atoms with van der Waals surface area (Å²) in [7, 11) is 3.85. The van der Waals surface area contributed by atoms with Gasteiger partial charge in [0.2, 0.25) is 0 Å². The third-order valence-electron chi connectivity index (χ3n) is 4.47. The Morgan fingerprint density at radius 3 is 2.59 bits per heavy atom. The molecule has 2 heterocycles. The molecule has 0 amide bonds. The third kappa shape index (κ3) is 4.75. The van der Waals surface area contributed by atoms with Gasteiger partial charge in [0, 0.05) is 38.0 Å². The molecule has 0 aliphatic carbocycles. The highest BCUT2D eigenvalue weighted by atomic mass is 19.3. The number of rotatable bonds is 7. The van der Waals surface area contributed by atoms with Crippen LogP contribution in [0.5, 0.6) is 0 Å². The van der Waals surface area contributed by atoms with Crippen molar-refractivity contribution in [2.75, 3.05) is 25.5 Å². The maximum absolute atomic E-state index is 12.8. The van der Waals surface area contributed by atoms with Gasteiger partial charge in [-0.05, 0) is 29.3 Å². The summed E-state index contributed by atoms with van der Waals surface area (Å²) in [5.74, 6) is 0.861. The third-order valence-corrected chi connectivity index (χ3v) is 4.47. The van der Waals surface area contributed by atoms with Crippen LogP contribution in [0.25, 0.3) is 11.1 Å². The average Bonchev–Trinajstić information content (AvgIpc) is 3.05. The minimum Gasteiger partial charge on any atom is -0.363 e. The number of anilines is 1. The first-order valence-electron chi connectivity index (χ1n) is 8.97. The van der Waals surface area contributed by atoms with E-state index in [-0.39, 0.29) is 25.2 Å². The van der Waals surface area contributed by atoms with Gasteiger partial charge in [0.25, 0.3) is 6.08 Å². The Morgan fingerprint density at radius 1 is 1.17 bits per heavy atom. The molecule has 9 heteroatoms. The molecule has 2 N–H and O–H groups in total. The fourth-order valence-electron chi connectivity index (χ4n) is 2.84. The maximum Gasteiger partial charge on any atom is 0.346 e. The number of halogens is 2. The predicted octanol–water partition coefficient (Wildman–Crippen LogP) is 2.33. The number of nitrogens with zero attached hydrogens (tertiary/aromatic N) is 5. The van der Waals surface area contributed by atoms with Gasteiger partial charge in [-0.25, -0.2) is 14.5 Å². The van der Waals surface area contributed by atoms with Gasteiger partial charge >= 0.3 is 5.69 Å². The lowest BCUT2D eigenvalue weighted by molar-refractivity contribution is 0.400. The Morgan fingerprint density at radius 2 is 1.97 bits per heavy atom. The average molecular weight is 400 g/mol. The molecule has 3 aromatic rings. The van der Waals surface area contributed by atoms with Crippen molar-refractivity contribution in [2.24, 2.45) is 5.73 Å². The second-order valence-electron chi connectivity index (χ2n) is 6.77. The highest BCUT2D eigenvalue weighted by Crippen LogP contribution is 2.21. The molecule has 0 atom stereocenters.